The number of hydrogen-bond acceptors (Lipinski definition) is 13. The Balaban J connectivity index is 0.766. The summed E-state index contributed by atoms with van der Waals surface area (Å²) in [6.07, 6.45) is 9.19. The molecule has 0 spiro atoms. The maximum absolute atomic E-state index is 13.3. The van der Waals surface area contributed by atoms with Crippen molar-refractivity contribution in [3.8, 4) is 0 Å². The minimum absolute atomic E-state index is 0.0402. The van der Waals surface area contributed by atoms with Gasteiger partial charge in [0.2, 0.25) is 11.8 Å². The van der Waals surface area contributed by atoms with Gasteiger partial charge in [0.15, 0.2) is 11.5 Å². The Bertz CT molecular complexity index is 2180. The number of likely N-dealkylation sites (tertiary alicyclic amines) is 1. The Morgan fingerprint density at radius 1 is 0.897 bits per heavy atom. The fourth-order valence-corrected chi connectivity index (χ4v) is 9.22. The highest BCUT2D eigenvalue weighted by Crippen LogP contribution is 2.34. The van der Waals surface area contributed by atoms with E-state index in [4.69, 9.17) is 10.7 Å². The van der Waals surface area contributed by atoms with Crippen molar-refractivity contribution < 1.29 is 28.8 Å². The fraction of sp³-hybridized carbons (Fsp3) is 0.513. The SMILES string of the molecule is CN1CCN([C@@H]2CCCN(c3cnc(C(N)=O)c(Nc4cnn(C5CN(CC6CCN(c7ccc8c(c7)C(=O)N([C@@H]7CCC(=O)NC7=O)C8=O)CC6)C5)c4)n3)C2)C1=O. The molecule has 5 saturated heterocycles. The first kappa shape index (κ1) is 37.5. The van der Waals surface area contributed by atoms with Crippen molar-refractivity contribution in [3.05, 3.63) is 53.6 Å². The Morgan fingerprint density at radius 3 is 2.43 bits per heavy atom. The van der Waals surface area contributed by atoms with E-state index in [1.807, 2.05) is 28.9 Å². The van der Waals surface area contributed by atoms with Gasteiger partial charge in [0.1, 0.15) is 11.9 Å². The van der Waals surface area contributed by atoms with E-state index in [0.29, 0.717) is 36.1 Å². The van der Waals surface area contributed by atoms with Crippen LogP contribution in [0, 0.1) is 5.92 Å². The van der Waals surface area contributed by atoms with Crippen LogP contribution >= 0.6 is 0 Å². The molecule has 58 heavy (non-hydrogen) atoms. The molecular formula is C39H47N13O6. The van der Waals surface area contributed by atoms with E-state index in [1.165, 1.54) is 0 Å². The summed E-state index contributed by atoms with van der Waals surface area (Å²) in [4.78, 5) is 96.1. The van der Waals surface area contributed by atoms with Crippen LogP contribution in [0.15, 0.2) is 36.8 Å². The van der Waals surface area contributed by atoms with E-state index in [9.17, 15) is 28.8 Å². The molecule has 2 aromatic heterocycles. The number of primary amides is 1. The van der Waals surface area contributed by atoms with Crippen LogP contribution in [-0.2, 0) is 9.59 Å². The van der Waals surface area contributed by atoms with Crippen molar-refractivity contribution in [1.29, 1.82) is 0 Å². The number of carbonyl (C=O) groups excluding carboxylic acids is 6. The molecule has 0 bridgehead atoms. The number of likely N-dealkylation sites (N-methyl/N-ethyl adjacent to an activating group) is 1. The molecule has 1 aromatic carbocycles. The second-order valence-corrected chi connectivity index (χ2v) is 16.2. The zero-order chi connectivity index (χ0) is 40.2. The van der Waals surface area contributed by atoms with Crippen LogP contribution < -0.4 is 26.2 Å². The quantitative estimate of drug-likeness (QED) is 0.245. The van der Waals surface area contributed by atoms with Gasteiger partial charge < -0.3 is 30.7 Å². The third-order valence-electron chi connectivity index (χ3n) is 12.5. The topological polar surface area (TPSA) is 216 Å². The second-order valence-electron chi connectivity index (χ2n) is 16.2. The zero-order valence-electron chi connectivity index (χ0n) is 32.4. The first-order chi connectivity index (χ1) is 28.0. The molecule has 0 unspecified atom stereocenters. The van der Waals surface area contributed by atoms with Crippen LogP contribution in [0.4, 0.5) is 27.8 Å². The first-order valence-corrected chi connectivity index (χ1v) is 20.1. The molecule has 6 aliphatic heterocycles. The Morgan fingerprint density at radius 2 is 1.69 bits per heavy atom. The molecule has 3 aromatic rings. The summed E-state index contributed by atoms with van der Waals surface area (Å²) in [5.74, 6) is -1.31. The average molecular weight is 794 g/mol. The summed E-state index contributed by atoms with van der Waals surface area (Å²) >= 11 is 0. The molecule has 9 rings (SSSR count). The predicted octanol–water partition coefficient (Wildman–Crippen LogP) is 1.03. The van der Waals surface area contributed by atoms with Crippen molar-refractivity contribution in [2.45, 2.75) is 56.7 Å². The number of rotatable bonds is 10. The number of fused-ring (bicyclic) bond motifs is 1. The van der Waals surface area contributed by atoms with Gasteiger partial charge in [-0.25, -0.2) is 14.8 Å². The Kier molecular flexibility index (Phi) is 9.69. The van der Waals surface area contributed by atoms with Crippen molar-refractivity contribution in [2.75, 3.05) is 81.1 Å². The van der Waals surface area contributed by atoms with Gasteiger partial charge in [-0.2, -0.15) is 5.10 Å². The molecule has 8 heterocycles. The monoisotopic (exact) mass is 793 g/mol. The van der Waals surface area contributed by atoms with Gasteiger partial charge in [0.05, 0.1) is 41.3 Å². The van der Waals surface area contributed by atoms with Crippen LogP contribution in [-0.4, -0.2) is 153 Å². The minimum Gasteiger partial charge on any atom is -0.371 e. The molecule has 19 heteroatoms. The number of carbonyl (C=O) groups is 6. The lowest BCUT2D eigenvalue weighted by Gasteiger charge is -2.43. The molecule has 4 N–H and O–H groups in total. The highest BCUT2D eigenvalue weighted by Gasteiger charge is 2.45. The third kappa shape index (κ3) is 6.96. The number of anilines is 4. The lowest BCUT2D eigenvalue weighted by Crippen LogP contribution is -2.54. The summed E-state index contributed by atoms with van der Waals surface area (Å²) in [5, 5.41) is 10.1. The van der Waals surface area contributed by atoms with Gasteiger partial charge in [0.25, 0.3) is 17.7 Å². The summed E-state index contributed by atoms with van der Waals surface area (Å²) < 4.78 is 1.93. The number of imide groups is 2. The second kappa shape index (κ2) is 15.0. The number of nitrogens with two attached hydrogens (primary N) is 1. The fourth-order valence-electron chi connectivity index (χ4n) is 9.22. The van der Waals surface area contributed by atoms with Gasteiger partial charge in [-0.1, -0.05) is 0 Å². The maximum atomic E-state index is 13.3. The molecule has 0 saturated carbocycles. The minimum atomic E-state index is -0.983. The summed E-state index contributed by atoms with van der Waals surface area (Å²) in [7, 11) is 1.82. The number of nitrogens with one attached hydrogen (secondary N) is 2. The first-order valence-electron chi connectivity index (χ1n) is 20.1. The van der Waals surface area contributed by atoms with E-state index < -0.39 is 35.6 Å². The van der Waals surface area contributed by atoms with E-state index in [0.717, 1.165) is 82.1 Å². The number of amides is 7. The molecular weight excluding hydrogens is 747 g/mol. The number of benzene rings is 1. The molecule has 5 fully saturated rings. The van der Waals surface area contributed by atoms with Crippen LogP contribution in [0.1, 0.15) is 75.8 Å². The highest BCUT2D eigenvalue weighted by atomic mass is 16.2. The van der Waals surface area contributed by atoms with Crippen molar-refractivity contribution in [1.82, 2.24) is 44.7 Å². The van der Waals surface area contributed by atoms with Gasteiger partial charge in [0, 0.05) is 84.3 Å². The van der Waals surface area contributed by atoms with Crippen molar-refractivity contribution >= 4 is 58.6 Å². The van der Waals surface area contributed by atoms with Crippen LogP contribution in [0.3, 0.4) is 0 Å². The smallest absolute Gasteiger partial charge is 0.320 e. The third-order valence-corrected chi connectivity index (χ3v) is 12.5. The summed E-state index contributed by atoms with van der Waals surface area (Å²) in [6, 6.07) is 4.64. The van der Waals surface area contributed by atoms with Crippen LogP contribution in [0.25, 0.3) is 0 Å². The lowest BCUT2D eigenvalue weighted by atomic mass is 9.93. The van der Waals surface area contributed by atoms with E-state index in [1.54, 1.807) is 29.4 Å². The molecule has 6 aliphatic rings. The van der Waals surface area contributed by atoms with E-state index >= 15 is 0 Å². The molecule has 19 nitrogen and oxygen atoms in total. The molecule has 2 atom stereocenters. The number of nitrogens with zero attached hydrogens (tertiary/aromatic N) is 10. The number of piperidine rings is 3. The number of hydrogen-bond donors (Lipinski definition) is 3. The van der Waals surface area contributed by atoms with Gasteiger partial charge in [-0.05, 0) is 56.2 Å². The van der Waals surface area contributed by atoms with Gasteiger partial charge >= 0.3 is 6.03 Å². The Hall–Kier alpha value is -6.11. The summed E-state index contributed by atoms with van der Waals surface area (Å²) in [6.45, 7) is 7.15. The molecule has 0 aliphatic carbocycles. The van der Waals surface area contributed by atoms with Crippen LogP contribution in [0.2, 0.25) is 0 Å². The Labute approximate surface area is 334 Å². The average Bonchev–Trinajstić information content (AvgIpc) is 3.87. The number of urea groups is 1. The van der Waals surface area contributed by atoms with E-state index in [-0.39, 0.29) is 48.0 Å². The van der Waals surface area contributed by atoms with Crippen molar-refractivity contribution in [3.63, 3.8) is 0 Å². The zero-order valence-corrected chi connectivity index (χ0v) is 32.4. The highest BCUT2D eigenvalue weighted by molar-refractivity contribution is 6.23. The molecule has 0 radical (unpaired) electrons. The van der Waals surface area contributed by atoms with Crippen LogP contribution in [0.5, 0.6) is 0 Å². The normalized spacial score (nSPS) is 23.5. The number of aromatic nitrogens is 4. The van der Waals surface area contributed by atoms with Gasteiger partial charge in [-0.3, -0.25) is 43.8 Å². The molecule has 304 valence electrons. The summed E-state index contributed by atoms with van der Waals surface area (Å²) in [5.41, 5.74) is 7.85. The predicted molar refractivity (Wildman–Crippen MR) is 210 cm³/mol. The molecule has 7 amide bonds. The maximum Gasteiger partial charge on any atom is 0.320 e. The van der Waals surface area contributed by atoms with Gasteiger partial charge in [-0.15, -0.1) is 0 Å². The largest absolute Gasteiger partial charge is 0.371 e. The van der Waals surface area contributed by atoms with Crippen molar-refractivity contribution in [2.24, 2.45) is 11.7 Å². The van der Waals surface area contributed by atoms with E-state index in [2.05, 4.69) is 35.4 Å². The lowest BCUT2D eigenvalue weighted by molar-refractivity contribution is -0.136. The standard InChI is InChI=1S/C39H47N13O6/c1-46-13-14-50(39(46)58)26-3-2-10-49(22-26)31-17-41-33(34(40)54)35(44-31)43-24-16-42-51(19-24)27-20-47(21-27)18-23-8-11-48(12-9-23)25-4-5-28-29(15-25)38(57)52(37(28)56)30-6-7-32(53)45-36(30)55/h4-5,15-17,19,23,26-27,30H,2-3,6-14,18,20-22H2,1H3,(H2,40,54)(H,43,44)(H,45,53,55)/t26-,30-/m1/s1.